The van der Waals surface area contributed by atoms with Crippen LogP contribution in [0.25, 0.3) is 0 Å². The van der Waals surface area contributed by atoms with Crippen LogP contribution in [0.15, 0.2) is 60.7 Å². The SMILES string of the molecule is CCN(CC)C(CCc1ccccc1)CCc1ccccc1. The van der Waals surface area contributed by atoms with Gasteiger partial charge in [0.25, 0.3) is 0 Å². The summed E-state index contributed by atoms with van der Waals surface area (Å²) in [5, 5.41) is 0. The predicted octanol–water partition coefficient (Wildman–Crippen LogP) is 4.96. The minimum Gasteiger partial charge on any atom is -0.301 e. The predicted molar refractivity (Wildman–Crippen MR) is 96.2 cm³/mol. The third-order valence-corrected chi connectivity index (χ3v) is 4.55. The van der Waals surface area contributed by atoms with Gasteiger partial charge in [-0.25, -0.2) is 0 Å². The highest BCUT2D eigenvalue weighted by molar-refractivity contribution is 5.16. The molecule has 0 N–H and O–H groups in total. The Kier molecular flexibility index (Phi) is 7.18. The molecular weight excluding hydrogens is 266 g/mol. The molecule has 0 aromatic heterocycles. The van der Waals surface area contributed by atoms with E-state index in [1.165, 1.54) is 36.8 Å². The van der Waals surface area contributed by atoms with Gasteiger partial charge in [-0.3, -0.25) is 0 Å². The fourth-order valence-corrected chi connectivity index (χ4v) is 3.21. The highest BCUT2D eigenvalue weighted by Gasteiger charge is 2.15. The molecule has 0 saturated carbocycles. The molecule has 2 rings (SSSR count). The van der Waals surface area contributed by atoms with Gasteiger partial charge in [0.05, 0.1) is 0 Å². The monoisotopic (exact) mass is 295 g/mol. The smallest absolute Gasteiger partial charge is 0.0101 e. The van der Waals surface area contributed by atoms with E-state index in [0.717, 1.165) is 13.1 Å². The molecule has 1 heteroatoms. The molecule has 0 aliphatic carbocycles. The lowest BCUT2D eigenvalue weighted by Crippen LogP contribution is -2.35. The van der Waals surface area contributed by atoms with Gasteiger partial charge in [0.15, 0.2) is 0 Å². The first-order valence-corrected chi connectivity index (χ1v) is 8.65. The fraction of sp³-hybridized carbons (Fsp3) is 0.429. The standard InChI is InChI=1S/C21H29N/c1-3-22(4-2)21(17-15-19-11-7-5-8-12-19)18-16-20-13-9-6-10-14-20/h5-14,21H,3-4,15-18H2,1-2H3. The van der Waals surface area contributed by atoms with Crippen LogP contribution >= 0.6 is 0 Å². The fourth-order valence-electron chi connectivity index (χ4n) is 3.21. The molecule has 2 aromatic carbocycles. The first kappa shape index (κ1) is 16.8. The number of nitrogens with zero attached hydrogens (tertiary/aromatic N) is 1. The van der Waals surface area contributed by atoms with Crippen molar-refractivity contribution in [3.8, 4) is 0 Å². The Balaban J connectivity index is 1.93. The maximum absolute atomic E-state index is 2.62. The minimum absolute atomic E-state index is 0.676. The van der Waals surface area contributed by atoms with Gasteiger partial charge < -0.3 is 4.90 Å². The zero-order chi connectivity index (χ0) is 15.6. The zero-order valence-corrected chi connectivity index (χ0v) is 14.0. The zero-order valence-electron chi connectivity index (χ0n) is 14.0. The van der Waals surface area contributed by atoms with Crippen molar-refractivity contribution in [2.45, 2.75) is 45.6 Å². The average molecular weight is 295 g/mol. The van der Waals surface area contributed by atoms with Gasteiger partial charge in [-0.1, -0.05) is 74.5 Å². The minimum atomic E-state index is 0.676. The summed E-state index contributed by atoms with van der Waals surface area (Å²) in [7, 11) is 0. The van der Waals surface area contributed by atoms with Gasteiger partial charge >= 0.3 is 0 Å². The summed E-state index contributed by atoms with van der Waals surface area (Å²) in [6.45, 7) is 6.85. The number of hydrogen-bond donors (Lipinski definition) is 0. The Labute approximate surface area is 136 Å². The molecule has 0 aliphatic rings. The quantitative estimate of drug-likeness (QED) is 0.632. The largest absolute Gasteiger partial charge is 0.301 e. The van der Waals surface area contributed by atoms with E-state index in [1.54, 1.807) is 0 Å². The number of aryl methyl sites for hydroxylation is 2. The van der Waals surface area contributed by atoms with E-state index in [2.05, 4.69) is 79.4 Å². The summed E-state index contributed by atoms with van der Waals surface area (Å²) in [5.41, 5.74) is 2.92. The van der Waals surface area contributed by atoms with Gasteiger partial charge in [0.2, 0.25) is 0 Å². The lowest BCUT2D eigenvalue weighted by molar-refractivity contribution is 0.196. The number of benzene rings is 2. The molecule has 0 unspecified atom stereocenters. The molecule has 0 amide bonds. The molecule has 0 radical (unpaired) electrons. The van der Waals surface area contributed by atoms with Crippen molar-refractivity contribution < 1.29 is 0 Å². The van der Waals surface area contributed by atoms with Crippen LogP contribution < -0.4 is 0 Å². The van der Waals surface area contributed by atoms with Crippen LogP contribution in [-0.4, -0.2) is 24.0 Å². The topological polar surface area (TPSA) is 3.24 Å². The van der Waals surface area contributed by atoms with E-state index in [-0.39, 0.29) is 0 Å². The third kappa shape index (κ3) is 5.31. The van der Waals surface area contributed by atoms with Crippen LogP contribution in [0.4, 0.5) is 0 Å². The van der Waals surface area contributed by atoms with Crippen molar-refractivity contribution in [2.75, 3.05) is 13.1 Å². The van der Waals surface area contributed by atoms with Crippen LogP contribution in [0.3, 0.4) is 0 Å². The van der Waals surface area contributed by atoms with Crippen LogP contribution in [0.1, 0.15) is 37.8 Å². The maximum Gasteiger partial charge on any atom is 0.0101 e. The van der Waals surface area contributed by atoms with Crippen molar-refractivity contribution in [2.24, 2.45) is 0 Å². The second-order valence-corrected chi connectivity index (χ2v) is 5.92. The summed E-state index contributed by atoms with van der Waals surface area (Å²) < 4.78 is 0. The summed E-state index contributed by atoms with van der Waals surface area (Å²) >= 11 is 0. The lowest BCUT2D eigenvalue weighted by atomic mass is 9.98. The van der Waals surface area contributed by atoms with Crippen molar-refractivity contribution in [1.82, 2.24) is 4.90 Å². The second kappa shape index (κ2) is 9.42. The van der Waals surface area contributed by atoms with Gasteiger partial charge in [-0.05, 0) is 49.9 Å². The molecule has 0 saturated heterocycles. The Morgan fingerprint density at radius 3 is 1.45 bits per heavy atom. The van der Waals surface area contributed by atoms with Crippen LogP contribution in [0.2, 0.25) is 0 Å². The molecule has 22 heavy (non-hydrogen) atoms. The first-order valence-electron chi connectivity index (χ1n) is 8.65. The van der Waals surface area contributed by atoms with E-state index in [9.17, 15) is 0 Å². The Hall–Kier alpha value is -1.60. The molecule has 0 atom stereocenters. The van der Waals surface area contributed by atoms with Crippen molar-refractivity contribution in [3.05, 3.63) is 71.8 Å². The van der Waals surface area contributed by atoms with Crippen LogP contribution in [0, 0.1) is 0 Å². The molecule has 0 bridgehead atoms. The normalized spacial score (nSPS) is 11.3. The molecule has 0 spiro atoms. The second-order valence-electron chi connectivity index (χ2n) is 5.92. The summed E-state index contributed by atoms with van der Waals surface area (Å²) in [6, 6.07) is 22.4. The molecule has 118 valence electrons. The van der Waals surface area contributed by atoms with Gasteiger partial charge in [-0.15, -0.1) is 0 Å². The Morgan fingerprint density at radius 2 is 1.09 bits per heavy atom. The van der Waals surface area contributed by atoms with Crippen LogP contribution in [-0.2, 0) is 12.8 Å². The molecule has 1 nitrogen and oxygen atoms in total. The molecule has 0 heterocycles. The molecule has 0 aliphatic heterocycles. The first-order chi connectivity index (χ1) is 10.8. The Morgan fingerprint density at radius 1 is 0.682 bits per heavy atom. The lowest BCUT2D eigenvalue weighted by Gasteiger charge is -2.30. The maximum atomic E-state index is 2.62. The van der Waals surface area contributed by atoms with Gasteiger partial charge in [0, 0.05) is 6.04 Å². The highest BCUT2D eigenvalue weighted by Crippen LogP contribution is 2.16. The van der Waals surface area contributed by atoms with E-state index in [0.29, 0.717) is 6.04 Å². The third-order valence-electron chi connectivity index (χ3n) is 4.55. The van der Waals surface area contributed by atoms with E-state index < -0.39 is 0 Å². The van der Waals surface area contributed by atoms with Crippen molar-refractivity contribution in [1.29, 1.82) is 0 Å². The van der Waals surface area contributed by atoms with Gasteiger partial charge in [-0.2, -0.15) is 0 Å². The van der Waals surface area contributed by atoms with E-state index in [4.69, 9.17) is 0 Å². The van der Waals surface area contributed by atoms with Crippen molar-refractivity contribution >= 4 is 0 Å². The molecular formula is C21H29N. The van der Waals surface area contributed by atoms with Gasteiger partial charge in [0.1, 0.15) is 0 Å². The summed E-state index contributed by atoms with van der Waals surface area (Å²) in [6.07, 6.45) is 4.85. The number of rotatable bonds is 9. The average Bonchev–Trinajstić information content (AvgIpc) is 2.59. The van der Waals surface area contributed by atoms with E-state index >= 15 is 0 Å². The van der Waals surface area contributed by atoms with Crippen LogP contribution in [0.5, 0.6) is 0 Å². The highest BCUT2D eigenvalue weighted by atomic mass is 15.1. The molecule has 0 fully saturated rings. The number of hydrogen-bond acceptors (Lipinski definition) is 1. The Bertz CT molecular complexity index is 458. The molecule has 2 aromatic rings. The van der Waals surface area contributed by atoms with E-state index in [1.807, 2.05) is 0 Å². The summed E-state index contributed by atoms with van der Waals surface area (Å²) in [4.78, 5) is 2.62. The van der Waals surface area contributed by atoms with Crippen molar-refractivity contribution in [3.63, 3.8) is 0 Å². The summed E-state index contributed by atoms with van der Waals surface area (Å²) in [5.74, 6) is 0.